The number of nitrogens with zero attached hydrogens (tertiary/aromatic N) is 3. The van der Waals surface area contributed by atoms with Crippen LogP contribution in [0.5, 0.6) is 0 Å². The van der Waals surface area contributed by atoms with Crippen molar-refractivity contribution in [2.24, 2.45) is 0 Å². The van der Waals surface area contributed by atoms with Gasteiger partial charge in [-0.05, 0) is 42.5 Å². The number of nitriles is 1. The van der Waals surface area contributed by atoms with Crippen molar-refractivity contribution in [3.8, 4) is 6.07 Å². The molecular weight excluding hydrogens is 264 g/mol. The largest absolute Gasteiger partial charge is 0.439 e. The molecule has 0 saturated heterocycles. The molecular formula is C16H14N4O. The topological polar surface area (TPSA) is 79.1 Å². The molecule has 0 atom stereocenters. The van der Waals surface area contributed by atoms with E-state index in [-0.39, 0.29) is 0 Å². The molecule has 0 spiro atoms. The van der Waals surface area contributed by atoms with E-state index in [4.69, 9.17) is 15.4 Å². The van der Waals surface area contributed by atoms with E-state index in [0.717, 1.165) is 16.8 Å². The summed E-state index contributed by atoms with van der Waals surface area (Å²) < 4.78 is 5.70. The van der Waals surface area contributed by atoms with E-state index in [2.05, 4.69) is 11.1 Å². The van der Waals surface area contributed by atoms with Crippen LogP contribution in [-0.4, -0.2) is 12.0 Å². The van der Waals surface area contributed by atoms with E-state index in [9.17, 15) is 0 Å². The van der Waals surface area contributed by atoms with Gasteiger partial charge in [-0.15, -0.1) is 0 Å². The summed E-state index contributed by atoms with van der Waals surface area (Å²) in [4.78, 5) is 6.44. The number of fused-ring (bicyclic) bond motifs is 1. The van der Waals surface area contributed by atoms with Crippen molar-refractivity contribution in [3.05, 3.63) is 53.9 Å². The van der Waals surface area contributed by atoms with Crippen LogP contribution in [0.2, 0.25) is 0 Å². The van der Waals surface area contributed by atoms with Crippen LogP contribution in [0.25, 0.3) is 11.1 Å². The second kappa shape index (κ2) is 5.17. The highest BCUT2D eigenvalue weighted by molar-refractivity contribution is 5.76. The standard InChI is InChI=1S/C16H14N4O/c1-20(13-5-2-11(9-17)3-6-13)10-16-19-14-8-12(18)4-7-15(14)21-16/h2-8H,10,18H2,1H3. The molecule has 0 unspecified atom stereocenters. The van der Waals surface area contributed by atoms with E-state index in [0.29, 0.717) is 23.7 Å². The van der Waals surface area contributed by atoms with Crippen LogP contribution in [0, 0.1) is 11.3 Å². The molecule has 5 nitrogen and oxygen atoms in total. The number of rotatable bonds is 3. The molecule has 104 valence electrons. The lowest BCUT2D eigenvalue weighted by Gasteiger charge is -2.16. The van der Waals surface area contributed by atoms with Gasteiger partial charge in [-0.2, -0.15) is 5.26 Å². The molecule has 0 saturated carbocycles. The van der Waals surface area contributed by atoms with E-state index in [1.165, 1.54) is 0 Å². The quantitative estimate of drug-likeness (QED) is 0.745. The van der Waals surface area contributed by atoms with Gasteiger partial charge in [-0.1, -0.05) is 0 Å². The van der Waals surface area contributed by atoms with Crippen LogP contribution in [0.1, 0.15) is 11.5 Å². The first-order valence-corrected chi connectivity index (χ1v) is 6.52. The predicted molar refractivity (Wildman–Crippen MR) is 81.7 cm³/mol. The molecule has 2 aromatic carbocycles. The Kier molecular flexibility index (Phi) is 3.20. The summed E-state index contributed by atoms with van der Waals surface area (Å²) in [6, 6.07) is 14.9. The van der Waals surface area contributed by atoms with Gasteiger partial charge in [0.15, 0.2) is 5.58 Å². The minimum atomic E-state index is 0.542. The molecule has 0 aliphatic heterocycles. The molecule has 5 heteroatoms. The summed E-state index contributed by atoms with van der Waals surface area (Å²) in [5, 5.41) is 8.81. The first-order chi connectivity index (χ1) is 10.2. The Bertz CT molecular complexity index is 814. The molecule has 0 fully saturated rings. The number of nitrogens with two attached hydrogens (primary N) is 1. The van der Waals surface area contributed by atoms with Gasteiger partial charge >= 0.3 is 0 Å². The average Bonchev–Trinajstić information content (AvgIpc) is 2.88. The lowest BCUT2D eigenvalue weighted by atomic mass is 10.2. The maximum absolute atomic E-state index is 8.81. The van der Waals surface area contributed by atoms with Gasteiger partial charge in [0.2, 0.25) is 5.89 Å². The average molecular weight is 278 g/mol. The summed E-state index contributed by atoms with van der Waals surface area (Å²) in [6.07, 6.45) is 0. The zero-order valence-electron chi connectivity index (χ0n) is 11.6. The molecule has 0 radical (unpaired) electrons. The number of hydrogen-bond donors (Lipinski definition) is 1. The normalized spacial score (nSPS) is 10.5. The van der Waals surface area contributed by atoms with Crippen molar-refractivity contribution in [1.82, 2.24) is 4.98 Å². The zero-order chi connectivity index (χ0) is 14.8. The third kappa shape index (κ3) is 2.65. The molecule has 21 heavy (non-hydrogen) atoms. The Hall–Kier alpha value is -3.00. The van der Waals surface area contributed by atoms with Crippen molar-refractivity contribution < 1.29 is 4.42 Å². The van der Waals surface area contributed by atoms with E-state index >= 15 is 0 Å². The molecule has 0 bridgehead atoms. The molecule has 3 rings (SSSR count). The monoisotopic (exact) mass is 278 g/mol. The number of nitrogen functional groups attached to an aromatic ring is 1. The molecule has 1 heterocycles. The predicted octanol–water partition coefficient (Wildman–Crippen LogP) is 2.92. The fourth-order valence-electron chi connectivity index (χ4n) is 2.14. The van der Waals surface area contributed by atoms with Crippen LogP contribution in [0.15, 0.2) is 46.9 Å². The van der Waals surface area contributed by atoms with Crippen molar-refractivity contribution >= 4 is 22.5 Å². The maximum Gasteiger partial charge on any atom is 0.215 e. The minimum absolute atomic E-state index is 0.542. The first-order valence-electron chi connectivity index (χ1n) is 6.52. The Morgan fingerprint density at radius 3 is 2.71 bits per heavy atom. The van der Waals surface area contributed by atoms with Gasteiger partial charge in [0.05, 0.1) is 18.2 Å². The van der Waals surface area contributed by atoms with E-state index in [1.54, 1.807) is 24.3 Å². The van der Waals surface area contributed by atoms with Gasteiger partial charge in [-0.25, -0.2) is 4.98 Å². The highest BCUT2D eigenvalue weighted by Crippen LogP contribution is 2.21. The van der Waals surface area contributed by atoms with Crippen molar-refractivity contribution in [2.75, 3.05) is 17.7 Å². The van der Waals surface area contributed by atoms with Crippen LogP contribution in [0.4, 0.5) is 11.4 Å². The molecule has 2 N–H and O–H groups in total. The lowest BCUT2D eigenvalue weighted by molar-refractivity contribution is 0.527. The van der Waals surface area contributed by atoms with Gasteiger partial charge in [0.25, 0.3) is 0 Å². The third-order valence-electron chi connectivity index (χ3n) is 3.27. The number of hydrogen-bond acceptors (Lipinski definition) is 5. The summed E-state index contributed by atoms with van der Waals surface area (Å²) >= 11 is 0. The van der Waals surface area contributed by atoms with Gasteiger partial charge in [0, 0.05) is 18.4 Å². The molecule has 0 aliphatic carbocycles. The summed E-state index contributed by atoms with van der Waals surface area (Å²) in [6.45, 7) is 0.542. The highest BCUT2D eigenvalue weighted by atomic mass is 16.3. The number of benzene rings is 2. The van der Waals surface area contributed by atoms with Crippen molar-refractivity contribution in [1.29, 1.82) is 5.26 Å². The van der Waals surface area contributed by atoms with Crippen LogP contribution < -0.4 is 10.6 Å². The second-order valence-electron chi connectivity index (χ2n) is 4.85. The van der Waals surface area contributed by atoms with Crippen LogP contribution in [0.3, 0.4) is 0 Å². The van der Waals surface area contributed by atoms with Gasteiger partial charge in [-0.3, -0.25) is 0 Å². The number of anilines is 2. The molecule has 1 aromatic heterocycles. The fraction of sp³-hybridized carbons (Fsp3) is 0.125. The summed E-state index contributed by atoms with van der Waals surface area (Å²) in [5.74, 6) is 0.627. The summed E-state index contributed by atoms with van der Waals surface area (Å²) in [7, 11) is 1.95. The summed E-state index contributed by atoms with van der Waals surface area (Å²) in [5.41, 5.74) is 9.53. The lowest BCUT2D eigenvalue weighted by Crippen LogP contribution is -2.16. The Balaban J connectivity index is 1.81. The molecule has 0 amide bonds. The zero-order valence-corrected chi connectivity index (χ0v) is 11.6. The van der Waals surface area contributed by atoms with Crippen molar-refractivity contribution in [2.45, 2.75) is 6.54 Å². The first kappa shape index (κ1) is 13.0. The van der Waals surface area contributed by atoms with Crippen molar-refractivity contribution in [3.63, 3.8) is 0 Å². The minimum Gasteiger partial charge on any atom is -0.439 e. The SMILES string of the molecule is CN(Cc1nc2cc(N)ccc2o1)c1ccc(C#N)cc1. The fourth-order valence-corrected chi connectivity index (χ4v) is 2.14. The maximum atomic E-state index is 8.81. The van der Waals surface area contributed by atoms with Crippen LogP contribution >= 0.6 is 0 Å². The van der Waals surface area contributed by atoms with Crippen LogP contribution in [-0.2, 0) is 6.54 Å². The highest BCUT2D eigenvalue weighted by Gasteiger charge is 2.09. The third-order valence-corrected chi connectivity index (χ3v) is 3.27. The number of oxazole rings is 1. The molecule has 3 aromatic rings. The Morgan fingerprint density at radius 2 is 2.00 bits per heavy atom. The van der Waals surface area contributed by atoms with Gasteiger partial charge in [0.1, 0.15) is 5.52 Å². The second-order valence-corrected chi connectivity index (χ2v) is 4.85. The van der Waals surface area contributed by atoms with E-state index < -0.39 is 0 Å². The number of aromatic nitrogens is 1. The Labute approximate surface area is 122 Å². The smallest absolute Gasteiger partial charge is 0.215 e. The molecule has 0 aliphatic rings. The van der Waals surface area contributed by atoms with E-state index in [1.807, 2.05) is 30.1 Å². The van der Waals surface area contributed by atoms with Gasteiger partial charge < -0.3 is 15.1 Å². The Morgan fingerprint density at radius 1 is 1.24 bits per heavy atom.